The van der Waals surface area contributed by atoms with Crippen molar-refractivity contribution in [1.82, 2.24) is 0 Å². The van der Waals surface area contributed by atoms with Crippen molar-refractivity contribution in [3.63, 3.8) is 0 Å². The van der Waals surface area contributed by atoms with E-state index in [2.05, 4.69) is 5.04 Å². The normalized spacial score (nSPS) is 24.0. The lowest BCUT2D eigenvalue weighted by atomic mass is 10.1. The summed E-state index contributed by atoms with van der Waals surface area (Å²) >= 11 is 0. The van der Waals surface area contributed by atoms with Crippen molar-refractivity contribution >= 4 is 0 Å². The molecule has 1 heterocycles. The Bertz CT molecular complexity index is 52.8. The molecule has 0 spiro atoms. The van der Waals surface area contributed by atoms with E-state index in [1.807, 2.05) is 0 Å². The largest absolute Gasteiger partial charge is 0.206 e. The minimum atomic E-state index is 0.653. The molecule has 0 atom stereocenters. The van der Waals surface area contributed by atoms with Gasteiger partial charge in [-0.3, -0.25) is 0 Å². The van der Waals surface area contributed by atoms with Crippen LogP contribution >= 0.6 is 0 Å². The maximum absolute atomic E-state index is 4.78. The van der Waals surface area contributed by atoms with Gasteiger partial charge in [-0.15, -0.1) is 0 Å². The molecular formula is C9H18O3. The highest BCUT2D eigenvalue weighted by atomic mass is 17.5. The molecule has 0 aromatic heterocycles. The van der Waals surface area contributed by atoms with Crippen molar-refractivity contribution in [3.8, 4) is 0 Å². The Morgan fingerprint density at radius 3 is 1.42 bits per heavy atom. The van der Waals surface area contributed by atoms with Crippen LogP contribution in [0.3, 0.4) is 0 Å². The van der Waals surface area contributed by atoms with Gasteiger partial charge in [0.2, 0.25) is 0 Å². The molecular weight excluding hydrogens is 156 g/mol. The zero-order valence-electron chi connectivity index (χ0n) is 7.59. The second-order valence-corrected chi connectivity index (χ2v) is 3.19. The van der Waals surface area contributed by atoms with Gasteiger partial charge >= 0.3 is 0 Å². The Balaban J connectivity index is 2.00. The molecule has 0 radical (unpaired) electrons. The van der Waals surface area contributed by atoms with Gasteiger partial charge < -0.3 is 0 Å². The van der Waals surface area contributed by atoms with Crippen LogP contribution in [-0.2, 0) is 14.8 Å². The molecule has 0 aromatic carbocycles. The van der Waals surface area contributed by atoms with Gasteiger partial charge in [0, 0.05) is 0 Å². The van der Waals surface area contributed by atoms with Crippen LogP contribution in [0.5, 0.6) is 0 Å². The van der Waals surface area contributed by atoms with Crippen molar-refractivity contribution in [2.75, 3.05) is 13.2 Å². The lowest BCUT2D eigenvalue weighted by Gasteiger charge is -2.06. The molecule has 0 N–H and O–H groups in total. The first-order valence-electron chi connectivity index (χ1n) is 4.91. The smallest absolute Gasteiger partial charge is 0.0853 e. The summed E-state index contributed by atoms with van der Waals surface area (Å²) in [5.41, 5.74) is 0. The Kier molecular flexibility index (Phi) is 6.25. The van der Waals surface area contributed by atoms with E-state index >= 15 is 0 Å². The molecule has 0 unspecified atom stereocenters. The molecule has 1 rings (SSSR count). The zero-order valence-corrected chi connectivity index (χ0v) is 7.59. The second-order valence-electron chi connectivity index (χ2n) is 3.19. The molecule has 1 aliphatic heterocycles. The molecule has 0 saturated carbocycles. The third kappa shape index (κ3) is 5.52. The molecule has 0 aliphatic carbocycles. The van der Waals surface area contributed by atoms with E-state index in [0.717, 1.165) is 12.8 Å². The second kappa shape index (κ2) is 7.53. The van der Waals surface area contributed by atoms with Crippen molar-refractivity contribution in [3.05, 3.63) is 0 Å². The van der Waals surface area contributed by atoms with Crippen molar-refractivity contribution in [1.29, 1.82) is 0 Å². The summed E-state index contributed by atoms with van der Waals surface area (Å²) < 4.78 is 0. The topological polar surface area (TPSA) is 27.7 Å². The lowest BCUT2D eigenvalue weighted by Crippen LogP contribution is -2.01. The van der Waals surface area contributed by atoms with Crippen LogP contribution in [-0.4, -0.2) is 13.2 Å². The maximum atomic E-state index is 4.78. The number of hydrogen-bond donors (Lipinski definition) is 0. The van der Waals surface area contributed by atoms with E-state index in [0.29, 0.717) is 13.2 Å². The average molecular weight is 174 g/mol. The summed E-state index contributed by atoms with van der Waals surface area (Å²) in [6.45, 7) is 1.31. The third-order valence-electron chi connectivity index (χ3n) is 2.05. The third-order valence-corrected chi connectivity index (χ3v) is 2.05. The first-order chi connectivity index (χ1) is 6.00. The first-order valence-corrected chi connectivity index (χ1v) is 4.91. The SMILES string of the molecule is C1CCCCOOOCCCC1. The van der Waals surface area contributed by atoms with E-state index < -0.39 is 0 Å². The van der Waals surface area contributed by atoms with Gasteiger partial charge in [-0.05, 0) is 12.8 Å². The van der Waals surface area contributed by atoms with Crippen LogP contribution in [0.25, 0.3) is 0 Å². The maximum Gasteiger partial charge on any atom is 0.0853 e. The van der Waals surface area contributed by atoms with Gasteiger partial charge in [0.1, 0.15) is 0 Å². The zero-order chi connectivity index (χ0) is 8.49. The van der Waals surface area contributed by atoms with Crippen LogP contribution in [0.1, 0.15) is 44.9 Å². The summed E-state index contributed by atoms with van der Waals surface area (Å²) in [6.07, 6.45) is 8.62. The van der Waals surface area contributed by atoms with Crippen LogP contribution in [0.4, 0.5) is 0 Å². The molecule has 72 valence electrons. The Morgan fingerprint density at radius 2 is 0.917 bits per heavy atom. The van der Waals surface area contributed by atoms with E-state index in [1.165, 1.54) is 32.1 Å². The van der Waals surface area contributed by atoms with Gasteiger partial charge in [0.25, 0.3) is 0 Å². The van der Waals surface area contributed by atoms with Crippen LogP contribution in [0.2, 0.25) is 0 Å². The van der Waals surface area contributed by atoms with Gasteiger partial charge in [0.05, 0.1) is 13.2 Å². The molecule has 1 aliphatic rings. The van der Waals surface area contributed by atoms with Gasteiger partial charge in [0.15, 0.2) is 0 Å². The summed E-state index contributed by atoms with van der Waals surface area (Å²) in [4.78, 5) is 9.57. The number of rotatable bonds is 0. The van der Waals surface area contributed by atoms with E-state index in [9.17, 15) is 0 Å². The van der Waals surface area contributed by atoms with Gasteiger partial charge in [-0.25, -0.2) is 9.78 Å². The number of hydrogen-bond acceptors (Lipinski definition) is 3. The molecule has 12 heavy (non-hydrogen) atoms. The highest BCUT2D eigenvalue weighted by Crippen LogP contribution is 2.08. The molecule has 0 aromatic rings. The minimum Gasteiger partial charge on any atom is -0.206 e. The summed E-state index contributed by atoms with van der Waals surface area (Å²) in [5, 5.41) is 4.51. The lowest BCUT2D eigenvalue weighted by molar-refractivity contribution is -0.512. The highest BCUT2D eigenvalue weighted by molar-refractivity contribution is 4.45. The van der Waals surface area contributed by atoms with E-state index in [1.54, 1.807) is 0 Å². The molecule has 1 saturated heterocycles. The van der Waals surface area contributed by atoms with Gasteiger partial charge in [-0.1, -0.05) is 37.1 Å². The molecule has 0 bridgehead atoms. The summed E-state index contributed by atoms with van der Waals surface area (Å²) in [7, 11) is 0. The Labute approximate surface area is 73.9 Å². The predicted octanol–water partition coefficient (Wildman–Crippen LogP) is 2.61. The fourth-order valence-corrected chi connectivity index (χ4v) is 1.31. The van der Waals surface area contributed by atoms with Crippen LogP contribution in [0.15, 0.2) is 0 Å². The molecule has 1 fully saturated rings. The van der Waals surface area contributed by atoms with E-state index in [4.69, 9.17) is 9.78 Å². The predicted molar refractivity (Wildman–Crippen MR) is 45.3 cm³/mol. The monoisotopic (exact) mass is 174 g/mol. The van der Waals surface area contributed by atoms with Crippen molar-refractivity contribution in [2.45, 2.75) is 44.9 Å². The molecule has 3 nitrogen and oxygen atoms in total. The fourth-order valence-electron chi connectivity index (χ4n) is 1.31. The Hall–Kier alpha value is -0.120. The van der Waals surface area contributed by atoms with E-state index in [-0.39, 0.29) is 0 Å². The van der Waals surface area contributed by atoms with Crippen molar-refractivity contribution in [2.24, 2.45) is 0 Å². The average Bonchev–Trinajstić information content (AvgIpc) is 2.05. The molecule has 3 heteroatoms. The summed E-state index contributed by atoms with van der Waals surface area (Å²) in [6, 6.07) is 0. The van der Waals surface area contributed by atoms with Crippen LogP contribution in [0, 0.1) is 0 Å². The van der Waals surface area contributed by atoms with Crippen LogP contribution < -0.4 is 0 Å². The van der Waals surface area contributed by atoms with Gasteiger partial charge in [-0.2, -0.15) is 0 Å². The first kappa shape index (κ1) is 9.96. The van der Waals surface area contributed by atoms with Crippen molar-refractivity contribution < 1.29 is 14.8 Å². The quantitative estimate of drug-likeness (QED) is 0.528. The minimum absolute atomic E-state index is 0.653. The summed E-state index contributed by atoms with van der Waals surface area (Å²) in [5.74, 6) is 0. The Morgan fingerprint density at radius 1 is 0.500 bits per heavy atom. The standard InChI is InChI=1S/C9H18O3/c1-2-4-6-8-10-12-11-9-7-5-3-1/h1-9H2. The molecule has 0 amide bonds. The highest BCUT2D eigenvalue weighted by Gasteiger charge is 1.96. The fraction of sp³-hybridized carbons (Fsp3) is 1.00.